The molecule has 0 heterocycles. The van der Waals surface area contributed by atoms with E-state index in [0.29, 0.717) is 18.9 Å². The summed E-state index contributed by atoms with van der Waals surface area (Å²) in [5.41, 5.74) is 7.92. The molecular formula is C16H25NO2. The van der Waals surface area contributed by atoms with Gasteiger partial charge in [0, 0.05) is 6.54 Å². The summed E-state index contributed by atoms with van der Waals surface area (Å²) in [5.74, 6) is 0.674. The average Bonchev–Trinajstić information content (AvgIpc) is 2.82. The van der Waals surface area contributed by atoms with Gasteiger partial charge < -0.3 is 15.9 Å². The van der Waals surface area contributed by atoms with Gasteiger partial charge in [0.1, 0.15) is 0 Å². The van der Waals surface area contributed by atoms with Crippen LogP contribution in [0.4, 0.5) is 0 Å². The molecule has 0 amide bonds. The molecule has 1 aromatic carbocycles. The standard InChI is InChI=1S/C16H25NO2/c17-11-16(19)10-14-3-1-2-12(8-14)4-5-13-6-7-15(18)9-13/h1-3,8,13,15-16,18-19H,4-7,9-11,17H2. The van der Waals surface area contributed by atoms with Gasteiger partial charge in [-0.3, -0.25) is 0 Å². The molecule has 1 aliphatic carbocycles. The van der Waals surface area contributed by atoms with Crippen LogP contribution >= 0.6 is 0 Å². The zero-order chi connectivity index (χ0) is 13.7. The second kappa shape index (κ2) is 7.04. The van der Waals surface area contributed by atoms with Gasteiger partial charge in [0.05, 0.1) is 12.2 Å². The Labute approximate surface area is 115 Å². The Morgan fingerprint density at radius 3 is 2.74 bits per heavy atom. The number of nitrogens with two attached hydrogens (primary N) is 1. The molecule has 0 radical (unpaired) electrons. The number of aliphatic hydroxyl groups excluding tert-OH is 2. The molecule has 3 unspecified atom stereocenters. The third-order valence-corrected chi connectivity index (χ3v) is 4.09. The largest absolute Gasteiger partial charge is 0.393 e. The van der Waals surface area contributed by atoms with Crippen molar-refractivity contribution < 1.29 is 10.2 Å². The Hall–Kier alpha value is -0.900. The van der Waals surface area contributed by atoms with Crippen LogP contribution in [0.15, 0.2) is 24.3 Å². The van der Waals surface area contributed by atoms with E-state index in [1.807, 2.05) is 6.07 Å². The molecule has 3 heteroatoms. The Balaban J connectivity index is 1.84. The topological polar surface area (TPSA) is 66.5 Å². The highest BCUT2D eigenvalue weighted by Gasteiger charge is 2.22. The summed E-state index contributed by atoms with van der Waals surface area (Å²) >= 11 is 0. The minimum atomic E-state index is -0.444. The zero-order valence-corrected chi connectivity index (χ0v) is 11.5. The van der Waals surface area contributed by atoms with Gasteiger partial charge in [-0.15, -0.1) is 0 Å². The van der Waals surface area contributed by atoms with Crippen molar-refractivity contribution in [1.29, 1.82) is 0 Å². The smallest absolute Gasteiger partial charge is 0.0702 e. The second-order valence-corrected chi connectivity index (χ2v) is 5.79. The lowest BCUT2D eigenvalue weighted by atomic mass is 9.96. The molecule has 19 heavy (non-hydrogen) atoms. The van der Waals surface area contributed by atoms with Crippen molar-refractivity contribution in [2.24, 2.45) is 11.7 Å². The van der Waals surface area contributed by atoms with Crippen LogP contribution in [0.1, 0.15) is 36.8 Å². The summed E-state index contributed by atoms with van der Waals surface area (Å²) in [7, 11) is 0. The number of hydrogen-bond donors (Lipinski definition) is 3. The van der Waals surface area contributed by atoms with Crippen molar-refractivity contribution in [2.75, 3.05) is 6.54 Å². The summed E-state index contributed by atoms with van der Waals surface area (Å²) in [5, 5.41) is 19.1. The zero-order valence-electron chi connectivity index (χ0n) is 11.5. The maximum atomic E-state index is 9.58. The highest BCUT2D eigenvalue weighted by molar-refractivity contribution is 5.24. The van der Waals surface area contributed by atoms with E-state index in [-0.39, 0.29) is 6.10 Å². The highest BCUT2D eigenvalue weighted by atomic mass is 16.3. The summed E-state index contributed by atoms with van der Waals surface area (Å²) in [4.78, 5) is 0. The van der Waals surface area contributed by atoms with Crippen LogP contribution < -0.4 is 5.73 Å². The number of hydrogen-bond acceptors (Lipinski definition) is 3. The Bertz CT molecular complexity index is 394. The molecule has 0 aliphatic heterocycles. The summed E-state index contributed by atoms with van der Waals surface area (Å²) < 4.78 is 0. The van der Waals surface area contributed by atoms with Gasteiger partial charge in [0.25, 0.3) is 0 Å². The Morgan fingerprint density at radius 2 is 2.05 bits per heavy atom. The van der Waals surface area contributed by atoms with E-state index < -0.39 is 6.10 Å². The van der Waals surface area contributed by atoms with E-state index in [9.17, 15) is 10.2 Å². The monoisotopic (exact) mass is 263 g/mol. The fraction of sp³-hybridized carbons (Fsp3) is 0.625. The molecule has 3 nitrogen and oxygen atoms in total. The van der Waals surface area contributed by atoms with Gasteiger partial charge >= 0.3 is 0 Å². The molecular weight excluding hydrogens is 238 g/mol. The summed E-state index contributed by atoms with van der Waals surface area (Å²) in [6.45, 7) is 0.310. The van der Waals surface area contributed by atoms with Crippen molar-refractivity contribution in [3.05, 3.63) is 35.4 Å². The SMILES string of the molecule is NCC(O)Cc1cccc(CCC2CCC(O)C2)c1. The van der Waals surface area contributed by atoms with E-state index in [1.165, 1.54) is 5.56 Å². The number of aliphatic hydroxyl groups is 2. The minimum Gasteiger partial charge on any atom is -0.393 e. The first-order valence-electron chi connectivity index (χ1n) is 7.31. The number of benzene rings is 1. The first-order chi connectivity index (χ1) is 9.17. The van der Waals surface area contributed by atoms with Gasteiger partial charge in [-0.2, -0.15) is 0 Å². The third kappa shape index (κ3) is 4.60. The van der Waals surface area contributed by atoms with Crippen molar-refractivity contribution in [1.82, 2.24) is 0 Å². The van der Waals surface area contributed by atoms with Crippen LogP contribution in [0, 0.1) is 5.92 Å². The number of rotatable bonds is 6. The predicted octanol–water partition coefficient (Wildman–Crippen LogP) is 1.64. The average molecular weight is 263 g/mol. The molecule has 1 aliphatic rings. The van der Waals surface area contributed by atoms with Crippen LogP contribution in [0.2, 0.25) is 0 Å². The van der Waals surface area contributed by atoms with Gasteiger partial charge in [0.2, 0.25) is 0 Å². The minimum absolute atomic E-state index is 0.0731. The van der Waals surface area contributed by atoms with Gasteiger partial charge in [-0.25, -0.2) is 0 Å². The van der Waals surface area contributed by atoms with E-state index in [2.05, 4.69) is 18.2 Å². The summed E-state index contributed by atoms with van der Waals surface area (Å²) in [6, 6.07) is 8.41. The third-order valence-electron chi connectivity index (χ3n) is 4.09. The van der Waals surface area contributed by atoms with Crippen molar-refractivity contribution in [3.8, 4) is 0 Å². The fourth-order valence-electron chi connectivity index (χ4n) is 2.95. The lowest BCUT2D eigenvalue weighted by Crippen LogP contribution is -2.21. The molecule has 1 aromatic rings. The molecule has 1 saturated carbocycles. The van der Waals surface area contributed by atoms with Crippen LogP contribution in [-0.2, 0) is 12.8 Å². The molecule has 0 saturated heterocycles. The predicted molar refractivity (Wildman–Crippen MR) is 76.9 cm³/mol. The molecule has 0 spiro atoms. The summed E-state index contributed by atoms with van der Waals surface area (Å²) in [6.07, 6.45) is 5.42. The molecule has 1 fully saturated rings. The van der Waals surface area contributed by atoms with Crippen LogP contribution in [0.5, 0.6) is 0 Å². The van der Waals surface area contributed by atoms with Crippen LogP contribution in [-0.4, -0.2) is 29.0 Å². The number of aryl methyl sites for hydroxylation is 1. The first kappa shape index (κ1) is 14.5. The van der Waals surface area contributed by atoms with Crippen LogP contribution in [0.3, 0.4) is 0 Å². The van der Waals surface area contributed by atoms with E-state index in [1.54, 1.807) is 0 Å². The van der Waals surface area contributed by atoms with Crippen LogP contribution in [0.25, 0.3) is 0 Å². The molecule has 0 aromatic heterocycles. The quantitative estimate of drug-likeness (QED) is 0.731. The van der Waals surface area contributed by atoms with E-state index >= 15 is 0 Å². The van der Waals surface area contributed by atoms with E-state index in [4.69, 9.17) is 5.73 Å². The van der Waals surface area contributed by atoms with Crippen molar-refractivity contribution >= 4 is 0 Å². The van der Waals surface area contributed by atoms with Crippen molar-refractivity contribution in [3.63, 3.8) is 0 Å². The van der Waals surface area contributed by atoms with Gasteiger partial charge in [0.15, 0.2) is 0 Å². The molecule has 4 N–H and O–H groups in total. The Morgan fingerprint density at radius 1 is 1.26 bits per heavy atom. The van der Waals surface area contributed by atoms with E-state index in [0.717, 1.165) is 37.7 Å². The maximum absolute atomic E-state index is 9.58. The van der Waals surface area contributed by atoms with Crippen molar-refractivity contribution in [2.45, 2.75) is 50.7 Å². The molecule has 106 valence electrons. The molecule has 2 rings (SSSR count). The highest BCUT2D eigenvalue weighted by Crippen LogP contribution is 2.29. The normalized spacial score (nSPS) is 24.6. The maximum Gasteiger partial charge on any atom is 0.0702 e. The second-order valence-electron chi connectivity index (χ2n) is 5.79. The van der Waals surface area contributed by atoms with Gasteiger partial charge in [-0.1, -0.05) is 24.3 Å². The molecule has 3 atom stereocenters. The van der Waals surface area contributed by atoms with Gasteiger partial charge in [-0.05, 0) is 55.6 Å². The lowest BCUT2D eigenvalue weighted by molar-refractivity contribution is 0.177. The first-order valence-corrected chi connectivity index (χ1v) is 7.31. The fourth-order valence-corrected chi connectivity index (χ4v) is 2.95. The Kier molecular flexibility index (Phi) is 5.37. The molecule has 0 bridgehead atoms. The lowest BCUT2D eigenvalue weighted by Gasteiger charge is -2.11.